The smallest absolute Gasteiger partial charge is 0.277 e. The van der Waals surface area contributed by atoms with Crippen LogP contribution in [0, 0.1) is 10.1 Å². The maximum atomic E-state index is 11.5. The number of aromatic hydroxyl groups is 1. The Bertz CT molecular complexity index is 905. The Morgan fingerprint density at radius 1 is 1.04 bits per heavy atom. The monoisotopic (exact) mass is 377 g/mol. The second-order valence-corrected chi connectivity index (χ2v) is 7.11. The zero-order valence-corrected chi connectivity index (χ0v) is 16.7. The molecule has 0 aromatic heterocycles. The van der Waals surface area contributed by atoms with E-state index < -0.39 is 4.92 Å². The van der Waals surface area contributed by atoms with Gasteiger partial charge in [-0.25, -0.2) is 0 Å². The van der Waals surface area contributed by atoms with Gasteiger partial charge in [0.05, 0.1) is 10.5 Å². The second-order valence-electron chi connectivity index (χ2n) is 7.11. The molecule has 0 fully saturated rings. The van der Waals surface area contributed by atoms with E-state index >= 15 is 0 Å². The lowest BCUT2D eigenvalue weighted by atomic mass is 10.0. The molecule has 4 heteroatoms. The molecule has 0 spiro atoms. The molecule has 0 aliphatic rings. The van der Waals surface area contributed by atoms with E-state index in [4.69, 9.17) is 0 Å². The highest BCUT2D eigenvalue weighted by atomic mass is 16.6. The van der Waals surface area contributed by atoms with Gasteiger partial charge < -0.3 is 5.11 Å². The molecule has 0 heterocycles. The molecule has 2 aromatic rings. The summed E-state index contributed by atoms with van der Waals surface area (Å²) in [5.41, 5.74) is 4.31. The van der Waals surface area contributed by atoms with E-state index in [1.807, 2.05) is 49.4 Å². The molecule has 0 saturated carbocycles. The molecule has 2 rings (SSSR count). The van der Waals surface area contributed by atoms with Gasteiger partial charge in [0.25, 0.3) is 5.69 Å². The van der Waals surface area contributed by atoms with Crippen molar-refractivity contribution in [3.8, 4) is 5.75 Å². The minimum absolute atomic E-state index is 0.0461. The Hall–Kier alpha value is -3.14. The lowest BCUT2D eigenvalue weighted by molar-refractivity contribution is -0.385. The fourth-order valence-corrected chi connectivity index (χ4v) is 2.85. The van der Waals surface area contributed by atoms with Crippen molar-refractivity contribution in [1.82, 2.24) is 0 Å². The first-order valence-electron chi connectivity index (χ1n) is 9.39. The summed E-state index contributed by atoms with van der Waals surface area (Å²) >= 11 is 0. The number of phenols is 1. The van der Waals surface area contributed by atoms with Crippen molar-refractivity contribution in [3.05, 3.63) is 92.6 Å². The first-order valence-corrected chi connectivity index (χ1v) is 9.39. The van der Waals surface area contributed by atoms with Crippen LogP contribution in [0.2, 0.25) is 0 Å². The highest BCUT2D eigenvalue weighted by Crippen LogP contribution is 2.31. The lowest BCUT2D eigenvalue weighted by Gasteiger charge is -2.07. The Kier molecular flexibility index (Phi) is 7.76. The summed E-state index contributed by atoms with van der Waals surface area (Å²) in [6.45, 7) is 6.14. The maximum Gasteiger partial charge on any atom is 0.277 e. The largest absolute Gasteiger partial charge is 0.507 e. The number of nitrogens with zero attached hydrogens (tertiary/aromatic N) is 1. The van der Waals surface area contributed by atoms with Gasteiger partial charge >= 0.3 is 0 Å². The Balaban J connectivity index is 2.22. The molecule has 2 aromatic carbocycles. The number of allylic oxidation sites excluding steroid dienone is 4. The summed E-state index contributed by atoms with van der Waals surface area (Å²) in [7, 11) is 0. The second kappa shape index (κ2) is 10.3. The molecule has 1 N–H and O–H groups in total. The number of benzene rings is 2. The molecular weight excluding hydrogens is 350 g/mol. The van der Waals surface area contributed by atoms with E-state index in [2.05, 4.69) is 19.9 Å². The number of hydrogen-bond donors (Lipinski definition) is 1. The van der Waals surface area contributed by atoms with Crippen molar-refractivity contribution in [2.24, 2.45) is 0 Å². The van der Waals surface area contributed by atoms with Gasteiger partial charge in [-0.15, -0.1) is 0 Å². The van der Waals surface area contributed by atoms with Crippen molar-refractivity contribution in [2.45, 2.75) is 40.0 Å². The molecule has 0 aliphatic carbocycles. The van der Waals surface area contributed by atoms with Crippen molar-refractivity contribution in [3.63, 3.8) is 0 Å². The molecule has 0 bridgehead atoms. The number of nitro groups is 1. The van der Waals surface area contributed by atoms with Crippen LogP contribution in [-0.2, 0) is 6.42 Å². The number of hydrogen-bond acceptors (Lipinski definition) is 3. The highest BCUT2D eigenvalue weighted by Gasteiger charge is 2.18. The van der Waals surface area contributed by atoms with Gasteiger partial charge in [-0.3, -0.25) is 10.1 Å². The third kappa shape index (κ3) is 6.54. The van der Waals surface area contributed by atoms with Crippen LogP contribution in [0.15, 0.2) is 65.8 Å². The van der Waals surface area contributed by atoms with Crippen LogP contribution >= 0.6 is 0 Å². The van der Waals surface area contributed by atoms with Gasteiger partial charge in [0.1, 0.15) is 5.75 Å². The van der Waals surface area contributed by atoms with Crippen molar-refractivity contribution < 1.29 is 10.0 Å². The van der Waals surface area contributed by atoms with Crippen LogP contribution in [0.1, 0.15) is 50.3 Å². The predicted molar refractivity (Wildman–Crippen MR) is 116 cm³/mol. The van der Waals surface area contributed by atoms with Gasteiger partial charge in [-0.1, -0.05) is 65.8 Å². The molecule has 28 heavy (non-hydrogen) atoms. The Morgan fingerprint density at radius 3 is 2.36 bits per heavy atom. The molecule has 4 nitrogen and oxygen atoms in total. The van der Waals surface area contributed by atoms with E-state index in [-0.39, 0.29) is 11.4 Å². The molecule has 0 amide bonds. The number of nitro benzene ring substituents is 1. The summed E-state index contributed by atoms with van der Waals surface area (Å²) in [6, 6.07) is 12.8. The standard InChI is InChI=1S/C24H27NO3/c1-18(2)8-7-9-19(3)12-15-22-23(25(27)28)16-21(17-24(22)26)14-13-20-10-5-4-6-11-20/h4-6,8,10-14,16-17,26H,7,9,15H2,1-3H3/b14-13+,19-12+. The van der Waals surface area contributed by atoms with Crippen LogP contribution in [0.4, 0.5) is 5.69 Å². The molecule has 0 saturated heterocycles. The van der Waals surface area contributed by atoms with Crippen LogP contribution < -0.4 is 0 Å². The summed E-state index contributed by atoms with van der Waals surface area (Å²) < 4.78 is 0. The van der Waals surface area contributed by atoms with Gasteiger partial charge in [0.15, 0.2) is 0 Å². The van der Waals surface area contributed by atoms with E-state index in [9.17, 15) is 15.2 Å². The maximum absolute atomic E-state index is 11.5. The highest BCUT2D eigenvalue weighted by molar-refractivity contribution is 5.72. The van der Waals surface area contributed by atoms with E-state index in [0.29, 0.717) is 17.5 Å². The van der Waals surface area contributed by atoms with Gasteiger partial charge in [-0.05, 0) is 50.8 Å². The zero-order chi connectivity index (χ0) is 20.5. The molecule has 0 atom stereocenters. The third-order valence-corrected chi connectivity index (χ3v) is 4.44. The third-order valence-electron chi connectivity index (χ3n) is 4.44. The summed E-state index contributed by atoms with van der Waals surface area (Å²) in [4.78, 5) is 11.1. The van der Waals surface area contributed by atoms with Gasteiger partial charge in [0.2, 0.25) is 0 Å². The fourth-order valence-electron chi connectivity index (χ4n) is 2.85. The molecular formula is C24H27NO3. The Morgan fingerprint density at radius 2 is 1.71 bits per heavy atom. The predicted octanol–water partition coefficient (Wildman–Crippen LogP) is 6.71. The first-order chi connectivity index (χ1) is 13.4. The minimum Gasteiger partial charge on any atom is -0.507 e. The average Bonchev–Trinajstić information content (AvgIpc) is 2.65. The van der Waals surface area contributed by atoms with E-state index in [1.165, 1.54) is 11.6 Å². The molecule has 0 radical (unpaired) electrons. The quantitative estimate of drug-likeness (QED) is 0.241. The summed E-state index contributed by atoms with van der Waals surface area (Å²) in [6.07, 6.45) is 9.95. The van der Waals surface area contributed by atoms with Crippen LogP contribution in [-0.4, -0.2) is 10.0 Å². The first kappa shape index (κ1) is 21.2. The molecule has 146 valence electrons. The number of rotatable bonds is 8. The molecule has 0 unspecified atom stereocenters. The zero-order valence-electron chi connectivity index (χ0n) is 16.7. The normalized spacial score (nSPS) is 11.6. The van der Waals surface area contributed by atoms with Crippen molar-refractivity contribution in [2.75, 3.05) is 0 Å². The molecule has 0 aliphatic heterocycles. The van der Waals surface area contributed by atoms with Crippen LogP contribution in [0.25, 0.3) is 12.2 Å². The minimum atomic E-state index is -0.429. The number of phenolic OH excluding ortho intramolecular Hbond substituents is 1. The van der Waals surface area contributed by atoms with Crippen LogP contribution in [0.5, 0.6) is 5.75 Å². The van der Waals surface area contributed by atoms with Crippen molar-refractivity contribution in [1.29, 1.82) is 0 Å². The fraction of sp³-hybridized carbons (Fsp3) is 0.250. The summed E-state index contributed by atoms with van der Waals surface area (Å²) in [5.74, 6) is -0.0461. The van der Waals surface area contributed by atoms with E-state index in [1.54, 1.807) is 12.1 Å². The van der Waals surface area contributed by atoms with Crippen molar-refractivity contribution >= 4 is 17.8 Å². The topological polar surface area (TPSA) is 63.4 Å². The average molecular weight is 377 g/mol. The van der Waals surface area contributed by atoms with E-state index in [0.717, 1.165) is 24.0 Å². The lowest BCUT2D eigenvalue weighted by Crippen LogP contribution is -1.97. The van der Waals surface area contributed by atoms with Crippen LogP contribution in [0.3, 0.4) is 0 Å². The van der Waals surface area contributed by atoms with Gasteiger partial charge in [-0.2, -0.15) is 0 Å². The summed E-state index contributed by atoms with van der Waals surface area (Å²) in [5, 5.41) is 21.9. The van der Waals surface area contributed by atoms with Gasteiger partial charge in [0, 0.05) is 12.5 Å². The SMILES string of the molecule is CC(C)=CCC/C(C)=C/Cc1c(O)cc(/C=C/c2ccccc2)cc1[N+](=O)[O-]. The Labute approximate surface area is 166 Å².